The first kappa shape index (κ1) is 16.9. The van der Waals surface area contributed by atoms with Crippen molar-refractivity contribution in [2.24, 2.45) is 0 Å². The maximum atomic E-state index is 5.19. The summed E-state index contributed by atoms with van der Waals surface area (Å²) in [5.74, 6) is 1.53. The van der Waals surface area contributed by atoms with Crippen molar-refractivity contribution >= 4 is 6.08 Å². The lowest BCUT2D eigenvalue weighted by atomic mass is 10.1. The Balaban J connectivity index is 1.42. The third kappa shape index (κ3) is 5.01. The Morgan fingerprint density at radius 3 is 3.00 bits per heavy atom. The summed E-state index contributed by atoms with van der Waals surface area (Å²) in [7, 11) is 0. The van der Waals surface area contributed by atoms with E-state index in [1.54, 1.807) is 0 Å². The molecule has 24 heavy (non-hydrogen) atoms. The minimum atomic E-state index is 0.525. The van der Waals surface area contributed by atoms with Gasteiger partial charge in [-0.15, -0.1) is 0 Å². The summed E-state index contributed by atoms with van der Waals surface area (Å²) in [6, 6.07) is 10.9. The van der Waals surface area contributed by atoms with Gasteiger partial charge in [0.2, 0.25) is 5.89 Å². The number of benzene rings is 1. The molecule has 0 bridgehead atoms. The number of likely N-dealkylation sites (tertiary alicyclic amines) is 1. The molecule has 0 spiro atoms. The second-order valence-corrected chi connectivity index (χ2v) is 6.25. The van der Waals surface area contributed by atoms with Gasteiger partial charge < -0.3 is 9.84 Å². The van der Waals surface area contributed by atoms with Gasteiger partial charge in [0.1, 0.15) is 0 Å². The van der Waals surface area contributed by atoms with Crippen LogP contribution >= 0.6 is 0 Å². The fraction of sp³-hybridized carbons (Fsp3) is 0.474. The average Bonchev–Trinajstić information content (AvgIpc) is 3.08. The number of piperidine rings is 1. The van der Waals surface area contributed by atoms with E-state index in [0.29, 0.717) is 6.04 Å². The van der Waals surface area contributed by atoms with E-state index in [-0.39, 0.29) is 0 Å². The molecule has 2 heterocycles. The molecule has 1 fully saturated rings. The van der Waals surface area contributed by atoms with Crippen molar-refractivity contribution in [1.29, 1.82) is 0 Å². The number of aromatic nitrogens is 2. The molecule has 1 aliphatic heterocycles. The molecule has 0 amide bonds. The first-order chi connectivity index (χ1) is 11.8. The molecule has 1 unspecified atom stereocenters. The van der Waals surface area contributed by atoms with Crippen LogP contribution in [-0.2, 0) is 13.0 Å². The standard InChI is InChI=1S/C19H26N4O/c1-2-19-21-18(22-24-19)15-23-13-7-11-17(14-23)20-12-6-10-16-8-4-3-5-9-16/h3-6,8-10,17,20H,2,7,11-15H2,1H3/b10-6+. The fourth-order valence-corrected chi connectivity index (χ4v) is 3.06. The van der Waals surface area contributed by atoms with Gasteiger partial charge in [-0.25, -0.2) is 0 Å². The molecule has 2 aromatic rings. The highest BCUT2D eigenvalue weighted by molar-refractivity contribution is 5.48. The molecule has 1 aliphatic rings. The summed E-state index contributed by atoms with van der Waals surface area (Å²) in [4.78, 5) is 6.81. The summed E-state index contributed by atoms with van der Waals surface area (Å²) >= 11 is 0. The molecule has 5 nitrogen and oxygen atoms in total. The molecule has 1 saturated heterocycles. The second-order valence-electron chi connectivity index (χ2n) is 6.25. The highest BCUT2D eigenvalue weighted by Gasteiger charge is 2.20. The third-order valence-electron chi connectivity index (χ3n) is 4.32. The van der Waals surface area contributed by atoms with Crippen molar-refractivity contribution in [3.05, 3.63) is 53.7 Å². The van der Waals surface area contributed by atoms with Crippen LogP contribution in [0.3, 0.4) is 0 Å². The topological polar surface area (TPSA) is 54.2 Å². The Hall–Kier alpha value is -1.98. The van der Waals surface area contributed by atoms with Crippen LogP contribution in [-0.4, -0.2) is 40.7 Å². The Morgan fingerprint density at radius 1 is 1.33 bits per heavy atom. The number of aryl methyl sites for hydroxylation is 1. The lowest BCUT2D eigenvalue weighted by Crippen LogP contribution is -2.45. The highest BCUT2D eigenvalue weighted by Crippen LogP contribution is 2.13. The number of hydrogen-bond donors (Lipinski definition) is 1. The molecular formula is C19H26N4O. The van der Waals surface area contributed by atoms with Crippen LogP contribution in [0.25, 0.3) is 6.08 Å². The first-order valence-corrected chi connectivity index (χ1v) is 8.82. The van der Waals surface area contributed by atoms with E-state index in [1.807, 2.05) is 13.0 Å². The van der Waals surface area contributed by atoms with Gasteiger partial charge in [-0.1, -0.05) is 54.6 Å². The summed E-state index contributed by atoms with van der Waals surface area (Å²) < 4.78 is 5.19. The molecule has 1 aromatic heterocycles. The van der Waals surface area contributed by atoms with Gasteiger partial charge in [0.05, 0.1) is 6.54 Å². The van der Waals surface area contributed by atoms with Crippen LogP contribution in [0.2, 0.25) is 0 Å². The van der Waals surface area contributed by atoms with E-state index in [0.717, 1.165) is 44.3 Å². The average molecular weight is 326 g/mol. The maximum absolute atomic E-state index is 5.19. The molecule has 1 aromatic carbocycles. The zero-order valence-corrected chi connectivity index (χ0v) is 14.3. The summed E-state index contributed by atoms with van der Waals surface area (Å²) in [6.07, 6.45) is 7.59. The Kier molecular flexibility index (Phi) is 6.15. The first-order valence-electron chi connectivity index (χ1n) is 8.82. The van der Waals surface area contributed by atoms with Crippen LogP contribution in [0.15, 0.2) is 40.9 Å². The highest BCUT2D eigenvalue weighted by atomic mass is 16.5. The van der Waals surface area contributed by atoms with Crippen molar-refractivity contribution in [1.82, 2.24) is 20.4 Å². The largest absolute Gasteiger partial charge is 0.339 e. The minimum absolute atomic E-state index is 0.525. The predicted molar refractivity (Wildman–Crippen MR) is 95.5 cm³/mol. The van der Waals surface area contributed by atoms with E-state index in [4.69, 9.17) is 4.52 Å². The number of nitrogens with zero attached hydrogens (tertiary/aromatic N) is 3. The fourth-order valence-electron chi connectivity index (χ4n) is 3.06. The predicted octanol–water partition coefficient (Wildman–Crippen LogP) is 2.90. The normalized spacial score (nSPS) is 19.1. The molecular weight excluding hydrogens is 300 g/mol. The lowest BCUT2D eigenvalue weighted by molar-refractivity contribution is 0.180. The van der Waals surface area contributed by atoms with E-state index in [1.165, 1.54) is 18.4 Å². The van der Waals surface area contributed by atoms with E-state index in [9.17, 15) is 0 Å². The molecule has 0 saturated carbocycles. The lowest BCUT2D eigenvalue weighted by Gasteiger charge is -2.32. The number of nitrogens with one attached hydrogen (secondary N) is 1. The summed E-state index contributed by atoms with van der Waals surface area (Å²) in [5, 5.41) is 7.69. The number of hydrogen-bond acceptors (Lipinski definition) is 5. The van der Waals surface area contributed by atoms with Crippen LogP contribution in [0, 0.1) is 0 Å². The Labute approximate surface area is 143 Å². The van der Waals surface area contributed by atoms with Crippen molar-refractivity contribution in [2.45, 2.75) is 38.8 Å². The van der Waals surface area contributed by atoms with Crippen molar-refractivity contribution < 1.29 is 4.52 Å². The molecule has 1 N–H and O–H groups in total. The van der Waals surface area contributed by atoms with Crippen LogP contribution in [0.4, 0.5) is 0 Å². The zero-order valence-electron chi connectivity index (χ0n) is 14.3. The summed E-state index contributed by atoms with van der Waals surface area (Å²) in [6.45, 7) is 5.85. The van der Waals surface area contributed by atoms with Gasteiger partial charge in [-0.2, -0.15) is 4.98 Å². The molecule has 3 rings (SSSR count). The van der Waals surface area contributed by atoms with Gasteiger partial charge in [0.15, 0.2) is 5.82 Å². The Morgan fingerprint density at radius 2 is 2.21 bits per heavy atom. The van der Waals surface area contributed by atoms with Gasteiger partial charge in [-0.3, -0.25) is 4.90 Å². The van der Waals surface area contributed by atoms with E-state index < -0.39 is 0 Å². The smallest absolute Gasteiger partial charge is 0.226 e. The van der Waals surface area contributed by atoms with Crippen molar-refractivity contribution in [2.75, 3.05) is 19.6 Å². The van der Waals surface area contributed by atoms with Crippen LogP contribution in [0.5, 0.6) is 0 Å². The molecule has 0 radical (unpaired) electrons. The molecule has 128 valence electrons. The van der Waals surface area contributed by atoms with Crippen LogP contribution < -0.4 is 5.32 Å². The van der Waals surface area contributed by atoms with Gasteiger partial charge >= 0.3 is 0 Å². The minimum Gasteiger partial charge on any atom is -0.339 e. The molecule has 1 atom stereocenters. The monoisotopic (exact) mass is 326 g/mol. The second kappa shape index (κ2) is 8.76. The van der Waals surface area contributed by atoms with Crippen molar-refractivity contribution in [3.63, 3.8) is 0 Å². The van der Waals surface area contributed by atoms with Gasteiger partial charge in [0.25, 0.3) is 0 Å². The van der Waals surface area contributed by atoms with E-state index in [2.05, 4.69) is 56.8 Å². The zero-order chi connectivity index (χ0) is 16.6. The molecule has 5 heteroatoms. The van der Waals surface area contributed by atoms with E-state index >= 15 is 0 Å². The SMILES string of the molecule is CCc1nc(CN2CCCC(NC/C=C/c3ccccc3)C2)no1. The van der Waals surface area contributed by atoms with Gasteiger partial charge in [0, 0.05) is 25.6 Å². The van der Waals surface area contributed by atoms with Crippen LogP contribution in [0.1, 0.15) is 37.0 Å². The third-order valence-corrected chi connectivity index (χ3v) is 4.32. The summed E-state index contributed by atoms with van der Waals surface area (Å²) in [5.41, 5.74) is 1.24. The molecule has 0 aliphatic carbocycles. The number of rotatable bonds is 7. The Bertz CT molecular complexity index is 638. The maximum Gasteiger partial charge on any atom is 0.226 e. The van der Waals surface area contributed by atoms with Gasteiger partial charge in [-0.05, 0) is 24.9 Å². The quantitative estimate of drug-likeness (QED) is 0.848. The van der Waals surface area contributed by atoms with Crippen molar-refractivity contribution in [3.8, 4) is 0 Å².